The van der Waals surface area contributed by atoms with Crippen molar-refractivity contribution in [2.45, 2.75) is 25.8 Å². The number of para-hydroxylation sites is 2. The molecule has 128 valence electrons. The average molecular weight is 331 g/mol. The second-order valence-corrected chi connectivity index (χ2v) is 6.01. The third-order valence-corrected chi connectivity index (χ3v) is 4.59. The number of amides is 2. The standard InChI is InChI=1S/C17H21N3O4/c1-18-16(22)12-6-9-19(10-7-12)15(21)8-11-20-13-4-2-3-5-14(13)24-17(20)23/h2-5,12H,6-11H2,1H3,(H,18,22). The lowest BCUT2D eigenvalue weighted by atomic mass is 9.96. The van der Waals surface area contributed by atoms with E-state index in [1.165, 1.54) is 4.57 Å². The first-order chi connectivity index (χ1) is 11.6. The molecular weight excluding hydrogens is 310 g/mol. The zero-order valence-electron chi connectivity index (χ0n) is 13.7. The fourth-order valence-corrected chi connectivity index (χ4v) is 3.19. The second kappa shape index (κ2) is 6.90. The summed E-state index contributed by atoms with van der Waals surface area (Å²) < 4.78 is 6.66. The number of aromatic nitrogens is 1. The third kappa shape index (κ3) is 3.20. The third-order valence-electron chi connectivity index (χ3n) is 4.59. The van der Waals surface area contributed by atoms with Crippen LogP contribution in [-0.2, 0) is 16.1 Å². The molecule has 1 N–H and O–H groups in total. The lowest BCUT2D eigenvalue weighted by Gasteiger charge is -2.31. The SMILES string of the molecule is CNC(=O)C1CCN(C(=O)CCn2c(=O)oc3ccccc32)CC1. The number of oxazole rings is 1. The summed E-state index contributed by atoms with van der Waals surface area (Å²) in [6.45, 7) is 1.46. The maximum atomic E-state index is 12.4. The monoisotopic (exact) mass is 331 g/mol. The van der Waals surface area contributed by atoms with Crippen LogP contribution < -0.4 is 11.1 Å². The van der Waals surface area contributed by atoms with Gasteiger partial charge in [0.1, 0.15) is 0 Å². The number of carbonyl (C=O) groups excluding carboxylic acids is 2. The molecule has 7 heteroatoms. The second-order valence-electron chi connectivity index (χ2n) is 6.01. The Bertz CT molecular complexity index is 800. The number of likely N-dealkylation sites (tertiary alicyclic amines) is 1. The summed E-state index contributed by atoms with van der Waals surface area (Å²) in [7, 11) is 1.63. The van der Waals surface area contributed by atoms with Crippen LogP contribution in [0.3, 0.4) is 0 Å². The zero-order valence-corrected chi connectivity index (χ0v) is 13.7. The number of piperidine rings is 1. The number of nitrogens with one attached hydrogen (secondary N) is 1. The molecule has 1 aromatic carbocycles. The largest absolute Gasteiger partial charge is 0.419 e. The summed E-state index contributed by atoms with van der Waals surface area (Å²) in [5.41, 5.74) is 1.23. The van der Waals surface area contributed by atoms with E-state index >= 15 is 0 Å². The van der Waals surface area contributed by atoms with Crippen molar-refractivity contribution < 1.29 is 14.0 Å². The molecule has 0 radical (unpaired) electrons. The number of hydrogen-bond donors (Lipinski definition) is 1. The van der Waals surface area contributed by atoms with E-state index in [4.69, 9.17) is 4.42 Å². The lowest BCUT2D eigenvalue weighted by Crippen LogP contribution is -2.42. The summed E-state index contributed by atoms with van der Waals surface area (Å²) in [5.74, 6) is -0.414. The number of fused-ring (bicyclic) bond motifs is 1. The topological polar surface area (TPSA) is 84.5 Å². The van der Waals surface area contributed by atoms with E-state index in [1.54, 1.807) is 30.1 Å². The summed E-state index contributed by atoms with van der Waals surface area (Å²) in [6.07, 6.45) is 1.61. The Morgan fingerprint density at radius 3 is 2.67 bits per heavy atom. The molecule has 1 fully saturated rings. The Kier molecular flexibility index (Phi) is 4.69. The van der Waals surface area contributed by atoms with Crippen molar-refractivity contribution in [3.8, 4) is 0 Å². The zero-order chi connectivity index (χ0) is 17.1. The minimum absolute atomic E-state index is 0.00235. The first kappa shape index (κ1) is 16.3. The summed E-state index contributed by atoms with van der Waals surface area (Å²) in [4.78, 5) is 37.7. The van der Waals surface area contributed by atoms with Crippen molar-refractivity contribution >= 4 is 22.9 Å². The maximum Gasteiger partial charge on any atom is 0.419 e. The number of aryl methyl sites for hydroxylation is 1. The number of carbonyl (C=O) groups is 2. The maximum absolute atomic E-state index is 12.4. The van der Waals surface area contributed by atoms with Gasteiger partial charge in [0, 0.05) is 39.0 Å². The summed E-state index contributed by atoms with van der Waals surface area (Å²) in [6, 6.07) is 7.18. The van der Waals surface area contributed by atoms with E-state index < -0.39 is 5.76 Å². The van der Waals surface area contributed by atoms with Crippen molar-refractivity contribution in [3.05, 3.63) is 34.8 Å². The van der Waals surface area contributed by atoms with Crippen LogP contribution in [0.5, 0.6) is 0 Å². The van der Waals surface area contributed by atoms with Gasteiger partial charge >= 0.3 is 5.76 Å². The molecule has 3 rings (SSSR count). The molecule has 1 aromatic heterocycles. The van der Waals surface area contributed by atoms with Crippen LogP contribution in [0.1, 0.15) is 19.3 Å². The molecule has 0 spiro atoms. The van der Waals surface area contributed by atoms with Gasteiger partial charge in [-0.3, -0.25) is 14.2 Å². The van der Waals surface area contributed by atoms with E-state index in [2.05, 4.69) is 5.32 Å². The van der Waals surface area contributed by atoms with E-state index in [0.717, 1.165) is 0 Å². The van der Waals surface area contributed by atoms with Gasteiger partial charge in [-0.1, -0.05) is 12.1 Å². The van der Waals surface area contributed by atoms with E-state index in [-0.39, 0.29) is 24.2 Å². The first-order valence-electron chi connectivity index (χ1n) is 8.18. The van der Waals surface area contributed by atoms with Crippen molar-refractivity contribution in [1.29, 1.82) is 0 Å². The van der Waals surface area contributed by atoms with Crippen LogP contribution >= 0.6 is 0 Å². The van der Waals surface area contributed by atoms with Crippen molar-refractivity contribution in [3.63, 3.8) is 0 Å². The van der Waals surface area contributed by atoms with E-state index in [1.807, 2.05) is 6.07 Å². The van der Waals surface area contributed by atoms with Gasteiger partial charge in [0.2, 0.25) is 11.8 Å². The molecule has 2 amide bonds. The lowest BCUT2D eigenvalue weighted by molar-refractivity contribution is -0.135. The van der Waals surface area contributed by atoms with Gasteiger partial charge in [0.05, 0.1) is 5.52 Å². The molecule has 1 aliphatic rings. The molecule has 1 aliphatic heterocycles. The summed E-state index contributed by atoms with van der Waals surface area (Å²) in [5, 5.41) is 2.65. The minimum Gasteiger partial charge on any atom is -0.408 e. The Labute approximate surface area is 139 Å². The Balaban J connectivity index is 1.59. The normalized spacial score (nSPS) is 15.6. The highest BCUT2D eigenvalue weighted by Gasteiger charge is 2.26. The molecule has 0 unspecified atom stereocenters. The molecule has 0 saturated carbocycles. The molecule has 0 atom stereocenters. The Morgan fingerprint density at radius 2 is 1.96 bits per heavy atom. The van der Waals surface area contributed by atoms with Gasteiger partial charge < -0.3 is 14.6 Å². The number of nitrogens with zero attached hydrogens (tertiary/aromatic N) is 2. The van der Waals surface area contributed by atoms with Crippen molar-refractivity contribution in [2.75, 3.05) is 20.1 Å². The van der Waals surface area contributed by atoms with Gasteiger partial charge in [0.25, 0.3) is 0 Å². The van der Waals surface area contributed by atoms with Crippen molar-refractivity contribution in [2.24, 2.45) is 5.92 Å². The molecule has 0 bridgehead atoms. The molecule has 2 heterocycles. The van der Waals surface area contributed by atoms with Gasteiger partial charge in [-0.25, -0.2) is 4.79 Å². The molecule has 7 nitrogen and oxygen atoms in total. The van der Waals surface area contributed by atoms with Crippen molar-refractivity contribution in [1.82, 2.24) is 14.8 Å². The van der Waals surface area contributed by atoms with Crippen LogP contribution in [0.15, 0.2) is 33.5 Å². The van der Waals surface area contributed by atoms with Gasteiger partial charge in [-0.15, -0.1) is 0 Å². The van der Waals surface area contributed by atoms with Gasteiger partial charge in [-0.2, -0.15) is 0 Å². The molecule has 0 aliphatic carbocycles. The van der Waals surface area contributed by atoms with Gasteiger partial charge in [-0.05, 0) is 25.0 Å². The van der Waals surface area contributed by atoms with Crippen LogP contribution in [0, 0.1) is 5.92 Å². The van der Waals surface area contributed by atoms with Crippen LogP contribution in [-0.4, -0.2) is 41.4 Å². The fraction of sp³-hybridized carbons (Fsp3) is 0.471. The molecular formula is C17H21N3O4. The number of rotatable bonds is 4. The highest BCUT2D eigenvalue weighted by Crippen LogP contribution is 2.18. The Hall–Kier alpha value is -2.57. The molecule has 2 aromatic rings. The highest BCUT2D eigenvalue weighted by molar-refractivity contribution is 5.80. The average Bonchev–Trinajstić information content (AvgIpc) is 2.94. The predicted molar refractivity (Wildman–Crippen MR) is 88.5 cm³/mol. The van der Waals surface area contributed by atoms with Crippen LogP contribution in [0.25, 0.3) is 11.1 Å². The smallest absolute Gasteiger partial charge is 0.408 e. The van der Waals surface area contributed by atoms with E-state index in [9.17, 15) is 14.4 Å². The van der Waals surface area contributed by atoms with Crippen LogP contribution in [0.2, 0.25) is 0 Å². The fourth-order valence-electron chi connectivity index (χ4n) is 3.19. The molecule has 24 heavy (non-hydrogen) atoms. The molecule has 1 saturated heterocycles. The van der Waals surface area contributed by atoms with Crippen LogP contribution in [0.4, 0.5) is 0 Å². The first-order valence-corrected chi connectivity index (χ1v) is 8.18. The van der Waals surface area contributed by atoms with E-state index in [0.29, 0.717) is 43.6 Å². The predicted octanol–water partition coefficient (Wildman–Crippen LogP) is 0.969. The van der Waals surface area contributed by atoms with Gasteiger partial charge in [0.15, 0.2) is 5.58 Å². The number of hydrogen-bond acceptors (Lipinski definition) is 4. The Morgan fingerprint density at radius 1 is 1.25 bits per heavy atom. The summed E-state index contributed by atoms with van der Waals surface area (Å²) >= 11 is 0. The quantitative estimate of drug-likeness (QED) is 0.905. The number of benzene rings is 1. The minimum atomic E-state index is -0.442. The highest BCUT2D eigenvalue weighted by atomic mass is 16.4.